The van der Waals surface area contributed by atoms with Gasteiger partial charge in [-0.3, -0.25) is 4.79 Å². The van der Waals surface area contributed by atoms with Gasteiger partial charge in [-0.2, -0.15) is 5.10 Å². The standard InChI is InChI=1S/C22H26N6O2/c1-15(2)21-23-16(3)13-19(24-21)26-9-11-27(12-10-26)22(30)20-18(29)14-28(25-20)17-7-5-4-6-8-17/h4-8,13-15,29H,9-12H2,1-3H3. The molecule has 1 aromatic carbocycles. The number of piperazine rings is 1. The van der Waals surface area contributed by atoms with Crippen LogP contribution in [-0.4, -0.2) is 61.8 Å². The summed E-state index contributed by atoms with van der Waals surface area (Å²) in [5.74, 6) is 1.62. The van der Waals surface area contributed by atoms with E-state index in [1.165, 1.54) is 10.9 Å². The summed E-state index contributed by atoms with van der Waals surface area (Å²) in [7, 11) is 0. The van der Waals surface area contributed by atoms with Gasteiger partial charge in [0.15, 0.2) is 11.4 Å². The number of aryl methyl sites for hydroxylation is 1. The Morgan fingerprint density at radius 2 is 1.77 bits per heavy atom. The molecule has 30 heavy (non-hydrogen) atoms. The summed E-state index contributed by atoms with van der Waals surface area (Å²) in [5, 5.41) is 14.6. The van der Waals surface area contributed by atoms with Crippen molar-refractivity contribution in [3.63, 3.8) is 0 Å². The molecule has 2 aromatic heterocycles. The molecule has 8 nitrogen and oxygen atoms in total. The van der Waals surface area contributed by atoms with Gasteiger partial charge in [0.1, 0.15) is 11.6 Å². The number of aromatic hydroxyl groups is 1. The van der Waals surface area contributed by atoms with Crippen LogP contribution in [0.15, 0.2) is 42.6 Å². The van der Waals surface area contributed by atoms with Gasteiger partial charge in [-0.05, 0) is 19.1 Å². The highest BCUT2D eigenvalue weighted by Gasteiger charge is 2.27. The van der Waals surface area contributed by atoms with E-state index >= 15 is 0 Å². The highest BCUT2D eigenvalue weighted by atomic mass is 16.3. The highest BCUT2D eigenvalue weighted by Crippen LogP contribution is 2.22. The average molecular weight is 406 g/mol. The minimum atomic E-state index is -0.261. The number of hydrogen-bond donors (Lipinski definition) is 1. The molecule has 0 aliphatic carbocycles. The summed E-state index contributed by atoms with van der Waals surface area (Å²) in [6, 6.07) is 11.4. The van der Waals surface area contributed by atoms with Gasteiger partial charge in [-0.1, -0.05) is 32.0 Å². The number of nitrogens with zero attached hydrogens (tertiary/aromatic N) is 6. The van der Waals surface area contributed by atoms with E-state index in [2.05, 4.69) is 28.8 Å². The third kappa shape index (κ3) is 3.98. The van der Waals surface area contributed by atoms with Gasteiger partial charge >= 0.3 is 0 Å². The number of carbonyl (C=O) groups is 1. The van der Waals surface area contributed by atoms with Crippen molar-refractivity contribution in [1.29, 1.82) is 0 Å². The summed E-state index contributed by atoms with van der Waals surface area (Å²) in [4.78, 5) is 26.1. The van der Waals surface area contributed by atoms with E-state index in [1.807, 2.05) is 43.3 Å². The van der Waals surface area contributed by atoms with Crippen LogP contribution in [0.3, 0.4) is 0 Å². The summed E-state index contributed by atoms with van der Waals surface area (Å²) in [6.07, 6.45) is 1.47. The van der Waals surface area contributed by atoms with Gasteiger partial charge in [0, 0.05) is 43.9 Å². The van der Waals surface area contributed by atoms with Gasteiger partial charge in [-0.15, -0.1) is 0 Å². The van der Waals surface area contributed by atoms with Crippen LogP contribution in [0.5, 0.6) is 5.75 Å². The third-order valence-corrected chi connectivity index (χ3v) is 5.18. The van der Waals surface area contributed by atoms with Crippen LogP contribution < -0.4 is 4.90 Å². The molecule has 0 radical (unpaired) electrons. The van der Waals surface area contributed by atoms with Crippen molar-refractivity contribution in [3.05, 3.63) is 59.8 Å². The van der Waals surface area contributed by atoms with Gasteiger partial charge in [-0.25, -0.2) is 14.6 Å². The molecule has 8 heteroatoms. The van der Waals surface area contributed by atoms with E-state index in [0.29, 0.717) is 26.2 Å². The average Bonchev–Trinajstić information content (AvgIpc) is 3.15. The second kappa shape index (κ2) is 8.14. The summed E-state index contributed by atoms with van der Waals surface area (Å²) in [6.45, 7) is 8.54. The van der Waals surface area contributed by atoms with Crippen molar-refractivity contribution in [1.82, 2.24) is 24.6 Å². The smallest absolute Gasteiger partial charge is 0.278 e. The van der Waals surface area contributed by atoms with Gasteiger partial charge < -0.3 is 14.9 Å². The van der Waals surface area contributed by atoms with E-state index in [4.69, 9.17) is 4.98 Å². The van der Waals surface area contributed by atoms with Crippen molar-refractivity contribution < 1.29 is 9.90 Å². The summed E-state index contributed by atoms with van der Waals surface area (Å²) in [5.41, 5.74) is 1.81. The molecule has 1 amide bonds. The maximum absolute atomic E-state index is 13.0. The fourth-order valence-corrected chi connectivity index (χ4v) is 3.51. The van der Waals surface area contributed by atoms with Crippen LogP contribution in [0.25, 0.3) is 5.69 Å². The fourth-order valence-electron chi connectivity index (χ4n) is 3.51. The highest BCUT2D eigenvalue weighted by molar-refractivity contribution is 5.95. The van der Waals surface area contributed by atoms with Crippen LogP contribution >= 0.6 is 0 Å². The quantitative estimate of drug-likeness (QED) is 0.717. The molecule has 0 unspecified atom stereocenters. The Hall–Kier alpha value is -3.42. The molecule has 0 bridgehead atoms. The first-order valence-electron chi connectivity index (χ1n) is 10.2. The zero-order chi connectivity index (χ0) is 21.3. The van der Waals surface area contributed by atoms with Crippen molar-refractivity contribution in [2.75, 3.05) is 31.1 Å². The number of para-hydroxylation sites is 1. The van der Waals surface area contributed by atoms with Gasteiger partial charge in [0.2, 0.25) is 0 Å². The zero-order valence-electron chi connectivity index (χ0n) is 17.5. The van der Waals surface area contributed by atoms with E-state index in [9.17, 15) is 9.90 Å². The minimum Gasteiger partial charge on any atom is -0.504 e. The van der Waals surface area contributed by atoms with Gasteiger partial charge in [0.05, 0.1) is 11.9 Å². The van der Waals surface area contributed by atoms with Crippen LogP contribution in [0.2, 0.25) is 0 Å². The van der Waals surface area contributed by atoms with Crippen molar-refractivity contribution in [2.24, 2.45) is 0 Å². The second-order valence-electron chi connectivity index (χ2n) is 7.80. The first-order valence-corrected chi connectivity index (χ1v) is 10.2. The molecular formula is C22H26N6O2. The van der Waals surface area contributed by atoms with E-state index < -0.39 is 0 Å². The molecule has 4 rings (SSSR count). The Morgan fingerprint density at radius 3 is 2.43 bits per heavy atom. The molecule has 3 heterocycles. The largest absolute Gasteiger partial charge is 0.504 e. The van der Waals surface area contributed by atoms with Crippen LogP contribution in [0, 0.1) is 6.92 Å². The third-order valence-electron chi connectivity index (χ3n) is 5.18. The molecule has 0 atom stereocenters. The lowest BCUT2D eigenvalue weighted by Crippen LogP contribution is -2.49. The van der Waals surface area contributed by atoms with Crippen LogP contribution in [-0.2, 0) is 0 Å². The molecule has 1 N–H and O–H groups in total. The Morgan fingerprint density at radius 1 is 1.07 bits per heavy atom. The maximum atomic E-state index is 13.0. The molecule has 0 spiro atoms. The molecule has 1 saturated heterocycles. The number of anilines is 1. The van der Waals surface area contributed by atoms with E-state index in [1.54, 1.807) is 4.90 Å². The maximum Gasteiger partial charge on any atom is 0.278 e. The number of amides is 1. The lowest BCUT2D eigenvalue weighted by atomic mass is 10.2. The van der Waals surface area contributed by atoms with E-state index in [-0.39, 0.29) is 23.3 Å². The molecule has 156 valence electrons. The van der Waals surface area contributed by atoms with Crippen LogP contribution in [0.1, 0.15) is 41.8 Å². The normalized spacial score (nSPS) is 14.4. The number of benzene rings is 1. The number of aromatic nitrogens is 4. The Bertz CT molecular complexity index is 1040. The monoisotopic (exact) mass is 406 g/mol. The predicted molar refractivity (Wildman–Crippen MR) is 114 cm³/mol. The Labute approximate surface area is 175 Å². The lowest BCUT2D eigenvalue weighted by Gasteiger charge is -2.35. The Kier molecular flexibility index (Phi) is 5.39. The van der Waals surface area contributed by atoms with Gasteiger partial charge in [0.25, 0.3) is 5.91 Å². The molecule has 0 saturated carbocycles. The van der Waals surface area contributed by atoms with E-state index in [0.717, 1.165) is 23.0 Å². The number of hydrogen-bond acceptors (Lipinski definition) is 6. The Balaban J connectivity index is 1.46. The predicted octanol–water partition coefficient (Wildman–Crippen LogP) is 2.76. The second-order valence-corrected chi connectivity index (χ2v) is 7.80. The lowest BCUT2D eigenvalue weighted by molar-refractivity contribution is 0.0737. The number of carbonyl (C=O) groups excluding carboxylic acids is 1. The van der Waals surface area contributed by atoms with Crippen molar-refractivity contribution >= 4 is 11.7 Å². The zero-order valence-corrected chi connectivity index (χ0v) is 17.5. The molecule has 1 fully saturated rings. The van der Waals surface area contributed by atoms with Crippen molar-refractivity contribution in [2.45, 2.75) is 26.7 Å². The van der Waals surface area contributed by atoms with Crippen molar-refractivity contribution in [3.8, 4) is 11.4 Å². The SMILES string of the molecule is Cc1cc(N2CCN(C(=O)c3nn(-c4ccccc4)cc3O)CC2)nc(C(C)C)n1. The number of rotatable bonds is 4. The molecule has 1 aliphatic rings. The molecule has 3 aromatic rings. The topological polar surface area (TPSA) is 87.4 Å². The summed E-state index contributed by atoms with van der Waals surface area (Å²) < 4.78 is 1.52. The first-order chi connectivity index (χ1) is 14.4. The summed E-state index contributed by atoms with van der Waals surface area (Å²) >= 11 is 0. The molecular weight excluding hydrogens is 380 g/mol. The first kappa shape index (κ1) is 19.9. The minimum absolute atomic E-state index is 0.0762. The molecule has 1 aliphatic heterocycles. The fraction of sp³-hybridized carbons (Fsp3) is 0.364. The van der Waals surface area contributed by atoms with Crippen LogP contribution in [0.4, 0.5) is 5.82 Å².